The molecule has 5 rings (SSSR count). The van der Waals surface area contributed by atoms with Crippen LogP contribution in [0.25, 0.3) is 21.9 Å². The summed E-state index contributed by atoms with van der Waals surface area (Å²) < 4.78 is 43.8. The molecule has 3 heterocycles. The van der Waals surface area contributed by atoms with Crippen LogP contribution in [0.2, 0.25) is 0 Å². The van der Waals surface area contributed by atoms with Gasteiger partial charge in [0.25, 0.3) is 0 Å². The van der Waals surface area contributed by atoms with Crippen LogP contribution in [0.4, 0.5) is 13.6 Å². The van der Waals surface area contributed by atoms with E-state index in [1.807, 2.05) is 25.4 Å². The number of rotatable bonds is 7. The second kappa shape index (κ2) is 11.3. The number of aryl methyl sites for hydroxylation is 1. The summed E-state index contributed by atoms with van der Waals surface area (Å²) in [6.45, 7) is 7.84. The average Bonchev–Trinajstić information content (AvgIpc) is 3.48. The highest BCUT2D eigenvalue weighted by atomic mass is 79.9. The largest absolute Gasteiger partial charge is 0.490 e. The van der Waals surface area contributed by atoms with Gasteiger partial charge in [0, 0.05) is 28.4 Å². The lowest BCUT2D eigenvalue weighted by Crippen LogP contribution is -2.37. The summed E-state index contributed by atoms with van der Waals surface area (Å²) in [6, 6.07) is 9.53. The molecule has 1 aliphatic rings. The SMILES string of the molecule is C[C@@H](CCCn1cnc2cnc3ccc(Br)cc3c21)Oc1ccc(F)cc1[C@H]1C[C@H](F)CN1C(=O)OC(C)(C)C. The molecule has 0 aliphatic carbocycles. The first-order valence-electron chi connectivity index (χ1n) is 13.5. The van der Waals surface area contributed by atoms with Crippen molar-refractivity contribution in [2.75, 3.05) is 6.54 Å². The molecule has 7 nitrogen and oxygen atoms in total. The fourth-order valence-corrected chi connectivity index (χ4v) is 5.57. The minimum atomic E-state index is -1.23. The quantitative estimate of drug-likeness (QED) is 0.213. The van der Waals surface area contributed by atoms with Crippen molar-refractivity contribution in [2.45, 2.75) is 77.4 Å². The Morgan fingerprint density at radius 3 is 2.75 bits per heavy atom. The fraction of sp³-hybridized carbons (Fsp3) is 0.433. The number of benzene rings is 2. The Morgan fingerprint density at radius 1 is 1.18 bits per heavy atom. The van der Waals surface area contributed by atoms with E-state index in [9.17, 15) is 13.6 Å². The first-order chi connectivity index (χ1) is 19.0. The van der Waals surface area contributed by atoms with Crippen LogP contribution in [0.3, 0.4) is 0 Å². The second-order valence-corrected chi connectivity index (χ2v) is 12.2. The zero-order chi connectivity index (χ0) is 28.6. The summed E-state index contributed by atoms with van der Waals surface area (Å²) in [5.41, 5.74) is 2.49. The number of nitrogens with zero attached hydrogens (tertiary/aromatic N) is 4. The van der Waals surface area contributed by atoms with Crippen LogP contribution in [-0.2, 0) is 11.3 Å². The number of halogens is 3. The van der Waals surface area contributed by atoms with Gasteiger partial charge in [-0.3, -0.25) is 9.88 Å². The molecule has 10 heteroatoms. The Kier molecular flexibility index (Phi) is 7.99. The molecule has 0 saturated carbocycles. The van der Waals surface area contributed by atoms with E-state index in [1.165, 1.54) is 17.0 Å². The second-order valence-electron chi connectivity index (χ2n) is 11.3. The topological polar surface area (TPSA) is 69.5 Å². The van der Waals surface area contributed by atoms with E-state index in [0.717, 1.165) is 45.8 Å². The van der Waals surface area contributed by atoms with Crippen molar-refractivity contribution in [1.29, 1.82) is 0 Å². The summed E-state index contributed by atoms with van der Waals surface area (Å²) in [4.78, 5) is 23.2. The molecular formula is C30H33BrF2N4O3. The Labute approximate surface area is 240 Å². The molecule has 0 radical (unpaired) electrons. The normalized spacial score (nSPS) is 18.4. The van der Waals surface area contributed by atoms with E-state index in [4.69, 9.17) is 9.47 Å². The zero-order valence-corrected chi connectivity index (χ0v) is 24.6. The summed E-state index contributed by atoms with van der Waals surface area (Å²) >= 11 is 3.55. The maximum Gasteiger partial charge on any atom is 0.410 e. The lowest BCUT2D eigenvalue weighted by Gasteiger charge is -2.29. The summed E-state index contributed by atoms with van der Waals surface area (Å²) in [7, 11) is 0. The van der Waals surface area contributed by atoms with Gasteiger partial charge in [0.2, 0.25) is 0 Å². The van der Waals surface area contributed by atoms with Gasteiger partial charge in [-0.1, -0.05) is 15.9 Å². The number of hydrogen-bond donors (Lipinski definition) is 0. The number of amides is 1. The average molecular weight is 616 g/mol. The number of likely N-dealkylation sites (tertiary alicyclic amines) is 1. The molecule has 40 heavy (non-hydrogen) atoms. The molecule has 1 aliphatic heterocycles. The predicted molar refractivity (Wildman–Crippen MR) is 154 cm³/mol. The molecule has 0 bridgehead atoms. The number of ether oxygens (including phenoxy) is 2. The summed E-state index contributed by atoms with van der Waals surface area (Å²) in [5.74, 6) is -0.0293. The number of imidazole rings is 1. The van der Waals surface area contributed by atoms with Gasteiger partial charge in [0.05, 0.1) is 42.2 Å². The van der Waals surface area contributed by atoms with Crippen LogP contribution in [0.5, 0.6) is 5.75 Å². The van der Waals surface area contributed by atoms with Gasteiger partial charge in [0.15, 0.2) is 0 Å². The molecule has 4 aromatic rings. The standard InChI is InChI=1S/C30H33BrF2N4O3/c1-18(6-5-11-36-17-35-25-15-34-24-9-7-19(31)12-22(24)28(25)36)39-27-10-8-20(32)13-23(27)26-14-21(33)16-37(26)29(38)40-30(2,3)4/h7-10,12-13,15,17-18,21,26H,5-6,11,14,16H2,1-4H3/t18-,21-,26+/m0/s1. The van der Waals surface area contributed by atoms with Crippen LogP contribution < -0.4 is 4.74 Å². The summed E-state index contributed by atoms with van der Waals surface area (Å²) in [6.07, 6.45) is 3.14. The molecule has 2 aromatic carbocycles. The highest BCUT2D eigenvalue weighted by Gasteiger charge is 2.40. The molecule has 0 N–H and O–H groups in total. The summed E-state index contributed by atoms with van der Waals surface area (Å²) in [5, 5.41) is 1.03. The number of pyridine rings is 1. The van der Waals surface area contributed by atoms with E-state index in [0.29, 0.717) is 11.3 Å². The number of carbonyl (C=O) groups is 1. The van der Waals surface area contributed by atoms with Gasteiger partial charge >= 0.3 is 6.09 Å². The highest BCUT2D eigenvalue weighted by Crippen LogP contribution is 2.40. The van der Waals surface area contributed by atoms with Crippen molar-refractivity contribution in [1.82, 2.24) is 19.4 Å². The van der Waals surface area contributed by atoms with E-state index >= 15 is 0 Å². The van der Waals surface area contributed by atoms with Crippen molar-refractivity contribution in [3.63, 3.8) is 0 Å². The zero-order valence-electron chi connectivity index (χ0n) is 23.0. The molecule has 2 aromatic heterocycles. The molecule has 1 fully saturated rings. The van der Waals surface area contributed by atoms with Gasteiger partial charge in [-0.25, -0.2) is 18.6 Å². The smallest absolute Gasteiger partial charge is 0.410 e. The lowest BCUT2D eigenvalue weighted by atomic mass is 10.0. The van der Waals surface area contributed by atoms with Gasteiger partial charge in [-0.05, 0) is 76.9 Å². The Morgan fingerprint density at radius 2 is 1.98 bits per heavy atom. The minimum Gasteiger partial charge on any atom is -0.490 e. The van der Waals surface area contributed by atoms with Crippen LogP contribution in [0.1, 0.15) is 58.6 Å². The van der Waals surface area contributed by atoms with E-state index in [2.05, 4.69) is 36.5 Å². The molecule has 3 atom stereocenters. The fourth-order valence-electron chi connectivity index (χ4n) is 5.21. The van der Waals surface area contributed by atoms with Gasteiger partial charge < -0.3 is 14.0 Å². The maximum absolute atomic E-state index is 14.5. The molecule has 1 saturated heterocycles. The first-order valence-corrected chi connectivity index (χ1v) is 14.3. The first kappa shape index (κ1) is 28.3. The Balaban J connectivity index is 1.29. The van der Waals surface area contributed by atoms with Gasteiger partial charge in [0.1, 0.15) is 28.9 Å². The van der Waals surface area contributed by atoms with E-state index in [-0.39, 0.29) is 19.1 Å². The third-order valence-electron chi connectivity index (χ3n) is 6.95. The number of hydrogen-bond acceptors (Lipinski definition) is 5. The van der Waals surface area contributed by atoms with Crippen LogP contribution in [0.15, 0.2) is 53.4 Å². The molecule has 0 spiro atoms. The number of fused-ring (bicyclic) bond motifs is 3. The third-order valence-corrected chi connectivity index (χ3v) is 7.45. The minimum absolute atomic E-state index is 0.0556. The Hall–Kier alpha value is -3.27. The van der Waals surface area contributed by atoms with E-state index < -0.39 is 29.7 Å². The molecule has 1 amide bonds. The van der Waals surface area contributed by atoms with Gasteiger partial charge in [-0.2, -0.15) is 0 Å². The van der Waals surface area contributed by atoms with E-state index in [1.54, 1.807) is 33.0 Å². The van der Waals surface area contributed by atoms with Crippen LogP contribution in [-0.4, -0.2) is 49.9 Å². The molecule has 0 unspecified atom stereocenters. The van der Waals surface area contributed by atoms with Crippen LogP contribution in [0, 0.1) is 5.82 Å². The van der Waals surface area contributed by atoms with Crippen molar-refractivity contribution in [2.24, 2.45) is 0 Å². The van der Waals surface area contributed by atoms with Crippen molar-refractivity contribution in [3.8, 4) is 5.75 Å². The number of aromatic nitrogens is 3. The van der Waals surface area contributed by atoms with Crippen molar-refractivity contribution in [3.05, 3.63) is 64.8 Å². The van der Waals surface area contributed by atoms with Crippen molar-refractivity contribution >= 4 is 44.0 Å². The number of carbonyl (C=O) groups excluding carboxylic acids is 1. The highest BCUT2D eigenvalue weighted by molar-refractivity contribution is 9.10. The predicted octanol–water partition coefficient (Wildman–Crippen LogP) is 7.75. The monoisotopic (exact) mass is 614 g/mol. The number of alkyl halides is 1. The Bertz CT molecular complexity index is 1540. The molecular weight excluding hydrogens is 582 g/mol. The van der Waals surface area contributed by atoms with Crippen LogP contribution >= 0.6 is 15.9 Å². The third kappa shape index (κ3) is 6.22. The molecule has 212 valence electrons. The van der Waals surface area contributed by atoms with Crippen molar-refractivity contribution < 1.29 is 23.0 Å². The van der Waals surface area contributed by atoms with Gasteiger partial charge in [-0.15, -0.1) is 0 Å². The maximum atomic E-state index is 14.5. The lowest BCUT2D eigenvalue weighted by molar-refractivity contribution is 0.0214.